The molecule has 0 N–H and O–H groups in total. The number of likely N-dealkylation sites (tertiary alicyclic amines) is 1. The summed E-state index contributed by atoms with van der Waals surface area (Å²) in [6.07, 6.45) is 6.54. The summed E-state index contributed by atoms with van der Waals surface area (Å²) >= 11 is 0. The van der Waals surface area contributed by atoms with Gasteiger partial charge in [0.05, 0.1) is 6.04 Å². The van der Waals surface area contributed by atoms with Crippen molar-refractivity contribution in [1.82, 2.24) is 4.90 Å². The Balaban J connectivity index is 1.74. The molecule has 0 radical (unpaired) electrons. The van der Waals surface area contributed by atoms with Gasteiger partial charge in [-0.2, -0.15) is 0 Å². The van der Waals surface area contributed by atoms with Crippen LogP contribution in [0.25, 0.3) is 0 Å². The van der Waals surface area contributed by atoms with Gasteiger partial charge in [-0.05, 0) is 30.9 Å². The Morgan fingerprint density at radius 1 is 1.08 bits per heavy atom. The minimum absolute atomic E-state index is 0.143. The molecule has 122 valence electrons. The van der Waals surface area contributed by atoms with Crippen molar-refractivity contribution >= 4 is 5.91 Å². The molecule has 0 unspecified atom stereocenters. The van der Waals surface area contributed by atoms with Gasteiger partial charge in [0.25, 0.3) is 0 Å². The van der Waals surface area contributed by atoms with E-state index in [1.807, 2.05) is 18.2 Å². The average molecular weight is 317 g/mol. The van der Waals surface area contributed by atoms with Crippen LogP contribution in [0, 0.1) is 18.8 Å². The Kier molecular flexibility index (Phi) is 3.97. The van der Waals surface area contributed by atoms with Crippen molar-refractivity contribution in [3.05, 3.63) is 83.4 Å². The Bertz CT molecular complexity index is 765. The topological polar surface area (TPSA) is 20.3 Å². The van der Waals surface area contributed by atoms with Crippen molar-refractivity contribution in [2.24, 2.45) is 11.8 Å². The SMILES string of the molecule is Cc1cccc([C@H]2[C@@H]3C=CCC[C@@H]3C(=O)N2Cc2ccccc2)c1. The Labute approximate surface area is 143 Å². The molecule has 24 heavy (non-hydrogen) atoms. The van der Waals surface area contributed by atoms with Gasteiger partial charge >= 0.3 is 0 Å². The molecule has 3 atom stereocenters. The van der Waals surface area contributed by atoms with Gasteiger partial charge in [0, 0.05) is 18.4 Å². The summed E-state index contributed by atoms with van der Waals surface area (Å²) in [5.74, 6) is 0.765. The second-order valence-corrected chi connectivity index (χ2v) is 7.00. The van der Waals surface area contributed by atoms with Crippen LogP contribution in [0.4, 0.5) is 0 Å². The lowest BCUT2D eigenvalue weighted by atomic mass is 9.80. The number of hydrogen-bond donors (Lipinski definition) is 0. The van der Waals surface area contributed by atoms with E-state index in [1.54, 1.807) is 0 Å². The number of carbonyl (C=O) groups is 1. The van der Waals surface area contributed by atoms with Crippen LogP contribution >= 0.6 is 0 Å². The number of allylic oxidation sites excluding steroid dienone is 1. The molecule has 2 aromatic rings. The quantitative estimate of drug-likeness (QED) is 0.754. The smallest absolute Gasteiger partial charge is 0.227 e. The van der Waals surface area contributed by atoms with E-state index in [0.29, 0.717) is 18.4 Å². The fraction of sp³-hybridized carbons (Fsp3) is 0.318. The van der Waals surface area contributed by atoms with Gasteiger partial charge < -0.3 is 4.90 Å². The molecule has 0 aromatic heterocycles. The normalized spacial score (nSPS) is 25.8. The highest BCUT2D eigenvalue weighted by molar-refractivity contribution is 5.83. The van der Waals surface area contributed by atoms with Crippen LogP contribution in [0.5, 0.6) is 0 Å². The molecule has 1 saturated heterocycles. The first-order chi connectivity index (χ1) is 11.7. The van der Waals surface area contributed by atoms with Crippen molar-refractivity contribution in [1.29, 1.82) is 0 Å². The van der Waals surface area contributed by atoms with Crippen LogP contribution in [-0.4, -0.2) is 10.8 Å². The molecule has 1 aliphatic heterocycles. The van der Waals surface area contributed by atoms with Gasteiger partial charge in [-0.1, -0.05) is 72.3 Å². The monoisotopic (exact) mass is 317 g/mol. The molecule has 2 heteroatoms. The molecule has 2 aliphatic rings. The zero-order valence-corrected chi connectivity index (χ0v) is 14.1. The van der Waals surface area contributed by atoms with E-state index in [2.05, 4.69) is 60.4 Å². The van der Waals surface area contributed by atoms with Crippen LogP contribution in [0.15, 0.2) is 66.7 Å². The maximum atomic E-state index is 13.1. The Hall–Kier alpha value is -2.35. The number of rotatable bonds is 3. The zero-order valence-electron chi connectivity index (χ0n) is 14.1. The number of carbonyl (C=O) groups excluding carboxylic acids is 1. The van der Waals surface area contributed by atoms with Crippen molar-refractivity contribution < 1.29 is 4.79 Å². The van der Waals surface area contributed by atoms with E-state index >= 15 is 0 Å². The zero-order chi connectivity index (χ0) is 16.5. The minimum atomic E-state index is 0.143. The predicted octanol–water partition coefficient (Wildman–Crippen LogP) is 4.66. The van der Waals surface area contributed by atoms with E-state index in [0.717, 1.165) is 12.8 Å². The van der Waals surface area contributed by atoms with Crippen molar-refractivity contribution in [2.75, 3.05) is 0 Å². The summed E-state index contributed by atoms with van der Waals surface area (Å²) in [4.78, 5) is 15.2. The molecule has 1 heterocycles. The van der Waals surface area contributed by atoms with Gasteiger partial charge in [-0.25, -0.2) is 0 Å². The lowest BCUT2D eigenvalue weighted by Crippen LogP contribution is -2.29. The van der Waals surface area contributed by atoms with Gasteiger partial charge in [0.2, 0.25) is 5.91 Å². The average Bonchev–Trinajstić information content (AvgIpc) is 2.89. The molecule has 0 spiro atoms. The molecular weight excluding hydrogens is 294 g/mol. The van der Waals surface area contributed by atoms with Gasteiger partial charge in [-0.15, -0.1) is 0 Å². The largest absolute Gasteiger partial charge is 0.330 e. The Morgan fingerprint density at radius 3 is 2.71 bits per heavy atom. The molecule has 4 rings (SSSR count). The van der Waals surface area contributed by atoms with E-state index in [1.165, 1.54) is 16.7 Å². The summed E-state index contributed by atoms with van der Waals surface area (Å²) < 4.78 is 0. The Morgan fingerprint density at radius 2 is 1.92 bits per heavy atom. The number of aryl methyl sites for hydroxylation is 1. The molecule has 0 bridgehead atoms. The highest BCUT2D eigenvalue weighted by Gasteiger charge is 2.47. The second-order valence-electron chi connectivity index (χ2n) is 7.00. The third-order valence-corrected chi connectivity index (χ3v) is 5.35. The fourth-order valence-corrected chi connectivity index (χ4v) is 4.24. The summed E-state index contributed by atoms with van der Waals surface area (Å²) in [5.41, 5.74) is 3.72. The lowest BCUT2D eigenvalue weighted by molar-refractivity contribution is -0.132. The third-order valence-electron chi connectivity index (χ3n) is 5.35. The first-order valence-corrected chi connectivity index (χ1v) is 8.81. The first kappa shape index (κ1) is 15.2. The van der Waals surface area contributed by atoms with E-state index < -0.39 is 0 Å². The fourth-order valence-electron chi connectivity index (χ4n) is 4.24. The second kappa shape index (κ2) is 6.27. The first-order valence-electron chi connectivity index (χ1n) is 8.81. The van der Waals surface area contributed by atoms with Crippen molar-refractivity contribution in [2.45, 2.75) is 32.4 Å². The van der Waals surface area contributed by atoms with E-state index in [9.17, 15) is 4.79 Å². The lowest BCUT2D eigenvalue weighted by Gasteiger charge is -2.28. The highest BCUT2D eigenvalue weighted by Crippen LogP contribution is 2.46. The summed E-state index contributed by atoms with van der Waals surface area (Å²) in [6, 6.07) is 19.1. The number of benzene rings is 2. The molecule has 1 amide bonds. The van der Waals surface area contributed by atoms with Gasteiger partial charge in [0.15, 0.2) is 0 Å². The predicted molar refractivity (Wildman–Crippen MR) is 96.3 cm³/mol. The highest BCUT2D eigenvalue weighted by atomic mass is 16.2. The minimum Gasteiger partial charge on any atom is -0.330 e. The van der Waals surface area contributed by atoms with Crippen LogP contribution in [0.2, 0.25) is 0 Å². The standard InChI is InChI=1S/C22H23NO/c1-16-8-7-11-18(14-16)21-19-12-5-6-13-20(19)22(24)23(21)15-17-9-3-2-4-10-17/h2-5,7-12,14,19-21H,6,13,15H2,1H3/t19-,20+,21+/m1/s1. The number of amides is 1. The number of hydrogen-bond acceptors (Lipinski definition) is 1. The number of nitrogens with zero attached hydrogens (tertiary/aromatic N) is 1. The van der Waals surface area contributed by atoms with Gasteiger partial charge in [-0.3, -0.25) is 4.79 Å². The number of fused-ring (bicyclic) bond motifs is 1. The third kappa shape index (κ3) is 2.66. The van der Waals surface area contributed by atoms with Crippen LogP contribution < -0.4 is 0 Å². The van der Waals surface area contributed by atoms with E-state index in [-0.39, 0.29) is 12.0 Å². The summed E-state index contributed by atoms with van der Waals surface area (Å²) in [7, 11) is 0. The molecule has 1 aliphatic carbocycles. The summed E-state index contributed by atoms with van der Waals surface area (Å²) in [5, 5.41) is 0. The molecule has 2 nitrogen and oxygen atoms in total. The van der Waals surface area contributed by atoms with Crippen molar-refractivity contribution in [3.63, 3.8) is 0 Å². The maximum absolute atomic E-state index is 13.1. The van der Waals surface area contributed by atoms with Crippen LogP contribution in [0.1, 0.15) is 35.6 Å². The van der Waals surface area contributed by atoms with Crippen LogP contribution in [0.3, 0.4) is 0 Å². The van der Waals surface area contributed by atoms with E-state index in [4.69, 9.17) is 0 Å². The molecule has 2 aromatic carbocycles. The maximum Gasteiger partial charge on any atom is 0.227 e. The van der Waals surface area contributed by atoms with Gasteiger partial charge in [0.1, 0.15) is 0 Å². The molecule has 0 saturated carbocycles. The van der Waals surface area contributed by atoms with Crippen molar-refractivity contribution in [3.8, 4) is 0 Å². The van der Waals surface area contributed by atoms with Crippen LogP contribution in [-0.2, 0) is 11.3 Å². The molecule has 1 fully saturated rings. The summed E-state index contributed by atoms with van der Waals surface area (Å²) in [6.45, 7) is 2.81. The molecular formula is C22H23NO.